The number of benzene rings is 1. The lowest BCUT2D eigenvalue weighted by atomic mass is 9.99. The van der Waals surface area contributed by atoms with Gasteiger partial charge in [-0.25, -0.2) is 4.39 Å². The van der Waals surface area contributed by atoms with Crippen LogP contribution in [0.5, 0.6) is 5.75 Å². The molecule has 1 aromatic heterocycles. The Morgan fingerprint density at radius 3 is 2.80 bits per heavy atom. The van der Waals surface area contributed by atoms with E-state index in [0.29, 0.717) is 17.7 Å². The maximum absolute atomic E-state index is 14.2. The Morgan fingerprint density at radius 2 is 2.20 bits per heavy atom. The molecule has 3 nitrogen and oxygen atoms in total. The van der Waals surface area contributed by atoms with Crippen molar-refractivity contribution in [3.8, 4) is 5.75 Å². The van der Waals surface area contributed by atoms with Crippen molar-refractivity contribution in [3.63, 3.8) is 0 Å². The van der Waals surface area contributed by atoms with Crippen LogP contribution < -0.4 is 10.1 Å². The van der Waals surface area contributed by atoms with Crippen LogP contribution in [-0.2, 0) is 6.42 Å². The van der Waals surface area contributed by atoms with Crippen molar-refractivity contribution >= 4 is 0 Å². The first-order chi connectivity index (χ1) is 9.74. The van der Waals surface area contributed by atoms with E-state index in [1.165, 1.54) is 13.2 Å². The number of hydrogen-bond acceptors (Lipinski definition) is 3. The van der Waals surface area contributed by atoms with Gasteiger partial charge < -0.3 is 14.5 Å². The Balaban J connectivity index is 2.21. The topological polar surface area (TPSA) is 34.4 Å². The largest absolute Gasteiger partial charge is 0.497 e. The van der Waals surface area contributed by atoms with Gasteiger partial charge in [0, 0.05) is 17.7 Å². The van der Waals surface area contributed by atoms with Crippen molar-refractivity contribution in [2.45, 2.75) is 25.8 Å². The predicted molar refractivity (Wildman–Crippen MR) is 76.4 cm³/mol. The van der Waals surface area contributed by atoms with Gasteiger partial charge in [-0.1, -0.05) is 13.0 Å². The van der Waals surface area contributed by atoms with E-state index in [9.17, 15) is 4.39 Å². The van der Waals surface area contributed by atoms with Crippen molar-refractivity contribution in [2.24, 2.45) is 0 Å². The fourth-order valence-corrected chi connectivity index (χ4v) is 2.17. The highest BCUT2D eigenvalue weighted by Gasteiger charge is 2.17. The molecule has 2 rings (SSSR count). The van der Waals surface area contributed by atoms with Gasteiger partial charge in [-0.2, -0.15) is 0 Å². The zero-order valence-electron chi connectivity index (χ0n) is 11.9. The van der Waals surface area contributed by atoms with E-state index in [1.807, 2.05) is 6.07 Å². The van der Waals surface area contributed by atoms with Gasteiger partial charge in [0.1, 0.15) is 11.6 Å². The summed E-state index contributed by atoms with van der Waals surface area (Å²) in [7, 11) is 1.53. The highest BCUT2D eigenvalue weighted by atomic mass is 19.1. The van der Waals surface area contributed by atoms with Crippen molar-refractivity contribution < 1.29 is 13.5 Å². The minimum Gasteiger partial charge on any atom is -0.497 e. The maximum Gasteiger partial charge on any atom is 0.131 e. The summed E-state index contributed by atoms with van der Waals surface area (Å²) in [6.07, 6.45) is 5.03. The minimum absolute atomic E-state index is 0.0709. The smallest absolute Gasteiger partial charge is 0.131 e. The second-order valence-electron chi connectivity index (χ2n) is 4.73. The molecule has 0 aliphatic heterocycles. The molecule has 108 valence electrons. The third kappa shape index (κ3) is 3.61. The Morgan fingerprint density at radius 1 is 1.35 bits per heavy atom. The first kappa shape index (κ1) is 14.6. The molecule has 1 aromatic carbocycles. The van der Waals surface area contributed by atoms with Gasteiger partial charge >= 0.3 is 0 Å². The standard InChI is InChI=1S/C16H20FNO2/c1-3-7-18-16(9-12-6-8-20-11-12)14-5-4-13(19-2)10-15(14)17/h4-6,8,10-11,16,18H,3,7,9H2,1-2H3. The van der Waals surface area contributed by atoms with E-state index in [1.54, 1.807) is 24.7 Å². The van der Waals surface area contributed by atoms with Crippen molar-refractivity contribution in [1.82, 2.24) is 5.32 Å². The van der Waals surface area contributed by atoms with E-state index < -0.39 is 0 Å². The third-order valence-electron chi connectivity index (χ3n) is 3.24. The molecule has 0 saturated heterocycles. The summed E-state index contributed by atoms with van der Waals surface area (Å²) in [5, 5.41) is 3.38. The number of nitrogens with one attached hydrogen (secondary N) is 1. The van der Waals surface area contributed by atoms with Gasteiger partial charge in [0.15, 0.2) is 0 Å². The quantitative estimate of drug-likeness (QED) is 0.837. The second kappa shape index (κ2) is 7.10. The molecule has 2 aromatic rings. The fourth-order valence-electron chi connectivity index (χ4n) is 2.17. The van der Waals surface area contributed by atoms with Crippen molar-refractivity contribution in [1.29, 1.82) is 0 Å². The minimum atomic E-state index is -0.249. The SMILES string of the molecule is CCCNC(Cc1ccoc1)c1ccc(OC)cc1F. The lowest BCUT2D eigenvalue weighted by molar-refractivity contribution is 0.409. The van der Waals surface area contributed by atoms with E-state index in [2.05, 4.69) is 12.2 Å². The van der Waals surface area contributed by atoms with Crippen LogP contribution in [0, 0.1) is 5.82 Å². The molecule has 4 heteroatoms. The molecule has 0 saturated carbocycles. The molecule has 0 amide bonds. The molecule has 0 radical (unpaired) electrons. The van der Waals surface area contributed by atoms with Crippen LogP contribution >= 0.6 is 0 Å². The zero-order valence-corrected chi connectivity index (χ0v) is 11.9. The monoisotopic (exact) mass is 277 g/mol. The van der Waals surface area contributed by atoms with Crippen LogP contribution in [0.25, 0.3) is 0 Å². The summed E-state index contributed by atoms with van der Waals surface area (Å²) in [5.74, 6) is 0.283. The number of furan rings is 1. The second-order valence-corrected chi connectivity index (χ2v) is 4.73. The van der Waals surface area contributed by atoms with Crippen LogP contribution in [0.1, 0.15) is 30.5 Å². The number of rotatable bonds is 7. The molecule has 0 spiro atoms. The molecule has 1 heterocycles. The molecular weight excluding hydrogens is 257 g/mol. The zero-order chi connectivity index (χ0) is 14.4. The number of ether oxygens (including phenoxy) is 1. The Kier molecular flexibility index (Phi) is 5.18. The lowest BCUT2D eigenvalue weighted by Crippen LogP contribution is -2.24. The molecule has 0 aliphatic rings. The van der Waals surface area contributed by atoms with Crippen LogP contribution in [-0.4, -0.2) is 13.7 Å². The molecule has 0 bridgehead atoms. The average molecular weight is 277 g/mol. The van der Waals surface area contributed by atoms with Gasteiger partial charge in [0.2, 0.25) is 0 Å². The van der Waals surface area contributed by atoms with E-state index in [-0.39, 0.29) is 11.9 Å². The van der Waals surface area contributed by atoms with Crippen LogP contribution in [0.4, 0.5) is 4.39 Å². The molecule has 1 N–H and O–H groups in total. The lowest BCUT2D eigenvalue weighted by Gasteiger charge is -2.19. The molecule has 0 aliphatic carbocycles. The number of hydrogen-bond donors (Lipinski definition) is 1. The van der Waals surface area contributed by atoms with Crippen LogP contribution in [0.2, 0.25) is 0 Å². The normalized spacial score (nSPS) is 12.3. The summed E-state index contributed by atoms with van der Waals surface area (Å²) in [6, 6.07) is 6.82. The van der Waals surface area contributed by atoms with Gasteiger partial charge in [-0.3, -0.25) is 0 Å². The molecule has 0 fully saturated rings. The van der Waals surface area contributed by atoms with E-state index >= 15 is 0 Å². The Hall–Kier alpha value is -1.81. The highest BCUT2D eigenvalue weighted by molar-refractivity contribution is 5.31. The summed E-state index contributed by atoms with van der Waals surface area (Å²) in [4.78, 5) is 0. The molecular formula is C16H20FNO2. The van der Waals surface area contributed by atoms with Gasteiger partial charge in [-0.15, -0.1) is 0 Å². The Labute approximate surface area is 118 Å². The van der Waals surface area contributed by atoms with Crippen molar-refractivity contribution in [3.05, 3.63) is 53.7 Å². The number of halogens is 1. The van der Waals surface area contributed by atoms with E-state index in [0.717, 1.165) is 18.5 Å². The van der Waals surface area contributed by atoms with Gasteiger partial charge in [0.05, 0.1) is 19.6 Å². The summed E-state index contributed by atoms with van der Waals surface area (Å²) in [5.41, 5.74) is 1.70. The van der Waals surface area contributed by atoms with Gasteiger partial charge in [-0.05, 0) is 37.1 Å². The maximum atomic E-state index is 14.2. The Bertz CT molecular complexity index is 525. The molecule has 20 heavy (non-hydrogen) atoms. The van der Waals surface area contributed by atoms with Crippen LogP contribution in [0.3, 0.4) is 0 Å². The summed E-state index contributed by atoms with van der Waals surface area (Å²) < 4.78 is 24.3. The highest BCUT2D eigenvalue weighted by Crippen LogP contribution is 2.25. The summed E-state index contributed by atoms with van der Waals surface area (Å²) in [6.45, 7) is 2.93. The van der Waals surface area contributed by atoms with Crippen molar-refractivity contribution in [2.75, 3.05) is 13.7 Å². The molecule has 1 atom stereocenters. The first-order valence-electron chi connectivity index (χ1n) is 6.82. The summed E-state index contributed by atoms with van der Waals surface area (Å²) >= 11 is 0. The van der Waals surface area contributed by atoms with E-state index in [4.69, 9.17) is 9.15 Å². The van der Waals surface area contributed by atoms with Gasteiger partial charge in [0.25, 0.3) is 0 Å². The van der Waals surface area contributed by atoms with Crippen LogP contribution in [0.15, 0.2) is 41.2 Å². The number of methoxy groups -OCH3 is 1. The third-order valence-corrected chi connectivity index (χ3v) is 3.24. The fraction of sp³-hybridized carbons (Fsp3) is 0.375. The average Bonchev–Trinajstić information content (AvgIpc) is 2.96. The first-order valence-corrected chi connectivity index (χ1v) is 6.82. The molecule has 1 unspecified atom stereocenters. The predicted octanol–water partition coefficient (Wildman–Crippen LogP) is 3.71.